The average Bonchev–Trinajstić information content (AvgIpc) is 2.71. The lowest BCUT2D eigenvalue weighted by molar-refractivity contribution is -0.140. The monoisotopic (exact) mass is 426 g/mol. The summed E-state index contributed by atoms with van der Waals surface area (Å²) in [4.78, 5) is 25.1. The van der Waals surface area contributed by atoms with Crippen molar-refractivity contribution in [3.05, 3.63) is 29.8 Å². The van der Waals surface area contributed by atoms with Gasteiger partial charge in [0.25, 0.3) is 10.1 Å². The van der Waals surface area contributed by atoms with Crippen molar-refractivity contribution in [2.24, 2.45) is 5.92 Å². The summed E-state index contributed by atoms with van der Waals surface area (Å²) in [7, 11) is -2.39. The predicted octanol–water partition coefficient (Wildman–Crippen LogP) is 2.47. The molecule has 0 atom stereocenters. The van der Waals surface area contributed by atoms with E-state index in [2.05, 4.69) is 10.1 Å². The molecule has 0 aromatic heterocycles. The number of urea groups is 1. The Morgan fingerprint density at radius 2 is 1.83 bits per heavy atom. The number of methoxy groups -OCH3 is 1. The van der Waals surface area contributed by atoms with E-state index in [1.54, 1.807) is 29.2 Å². The van der Waals surface area contributed by atoms with Gasteiger partial charge < -0.3 is 15.0 Å². The molecule has 0 bridgehead atoms. The molecule has 1 aliphatic rings. The highest BCUT2D eigenvalue weighted by Gasteiger charge is 2.23. The van der Waals surface area contributed by atoms with Gasteiger partial charge in [0, 0.05) is 26.1 Å². The molecule has 2 amide bonds. The molecule has 8 nitrogen and oxygen atoms in total. The summed E-state index contributed by atoms with van der Waals surface area (Å²) in [5, 5.41) is 2.81. The van der Waals surface area contributed by atoms with Crippen LogP contribution in [0.15, 0.2) is 29.2 Å². The van der Waals surface area contributed by atoms with Crippen molar-refractivity contribution >= 4 is 22.1 Å². The van der Waals surface area contributed by atoms with E-state index in [1.165, 1.54) is 7.11 Å². The number of hydrogen-bond donors (Lipinski definition) is 1. The van der Waals surface area contributed by atoms with Gasteiger partial charge in [-0.3, -0.25) is 8.98 Å². The molecule has 0 spiro atoms. The number of carbonyl (C=O) groups excluding carboxylic acids is 2. The number of carbonyl (C=O) groups is 2. The maximum atomic E-state index is 12.2. The molecule has 1 fully saturated rings. The van der Waals surface area contributed by atoms with Crippen LogP contribution in [-0.2, 0) is 23.8 Å². The molecule has 1 N–H and O–H groups in total. The van der Waals surface area contributed by atoms with Crippen LogP contribution in [0.25, 0.3) is 0 Å². The molecule has 1 aliphatic heterocycles. The van der Waals surface area contributed by atoms with Crippen molar-refractivity contribution in [1.29, 1.82) is 0 Å². The maximum Gasteiger partial charge on any atom is 0.317 e. The molecule has 0 saturated carbocycles. The van der Waals surface area contributed by atoms with Crippen LogP contribution in [0.5, 0.6) is 0 Å². The van der Waals surface area contributed by atoms with E-state index in [0.29, 0.717) is 38.4 Å². The van der Waals surface area contributed by atoms with Crippen LogP contribution < -0.4 is 5.32 Å². The summed E-state index contributed by atoms with van der Waals surface area (Å²) in [5.41, 5.74) is 0.989. The maximum absolute atomic E-state index is 12.2. The van der Waals surface area contributed by atoms with E-state index in [4.69, 9.17) is 4.18 Å². The fraction of sp³-hybridized carbons (Fsp3) is 0.600. The first-order chi connectivity index (χ1) is 13.8. The quantitative estimate of drug-likeness (QED) is 0.370. The molecule has 0 unspecified atom stereocenters. The normalized spacial score (nSPS) is 15.2. The topological polar surface area (TPSA) is 102 Å². The second-order valence-electron chi connectivity index (χ2n) is 7.22. The van der Waals surface area contributed by atoms with Gasteiger partial charge in [0.1, 0.15) is 0 Å². The summed E-state index contributed by atoms with van der Waals surface area (Å²) < 4.78 is 34.1. The summed E-state index contributed by atoms with van der Waals surface area (Å²) in [6.07, 6.45) is 3.08. The van der Waals surface area contributed by atoms with Crippen LogP contribution in [0.2, 0.25) is 0 Å². The second-order valence-corrected chi connectivity index (χ2v) is 8.84. The number of aryl methyl sites for hydroxylation is 1. The first-order valence-electron chi connectivity index (χ1n) is 9.87. The van der Waals surface area contributed by atoms with Crippen LogP contribution >= 0.6 is 0 Å². The fourth-order valence-corrected chi connectivity index (χ4v) is 4.09. The minimum Gasteiger partial charge on any atom is -0.469 e. The highest BCUT2D eigenvalue weighted by Crippen LogP contribution is 2.22. The highest BCUT2D eigenvalue weighted by molar-refractivity contribution is 7.86. The van der Waals surface area contributed by atoms with Gasteiger partial charge in [-0.2, -0.15) is 8.42 Å². The Bertz CT molecular complexity index is 771. The Hall–Kier alpha value is -2.13. The second kappa shape index (κ2) is 11.2. The number of likely N-dealkylation sites (tertiary alicyclic amines) is 1. The first kappa shape index (κ1) is 23.2. The lowest BCUT2D eigenvalue weighted by Gasteiger charge is -2.32. The Labute approximate surface area is 172 Å². The molecule has 9 heteroatoms. The van der Waals surface area contributed by atoms with Gasteiger partial charge in [0.05, 0.1) is 18.6 Å². The van der Waals surface area contributed by atoms with Gasteiger partial charge in [-0.05, 0) is 50.7 Å². The van der Waals surface area contributed by atoms with Crippen LogP contribution in [-0.4, -0.2) is 58.7 Å². The van der Waals surface area contributed by atoms with Crippen LogP contribution in [0, 0.1) is 12.8 Å². The molecule has 2 rings (SSSR count). The number of hydrogen-bond acceptors (Lipinski definition) is 6. The molecule has 1 aromatic carbocycles. The molecule has 0 radical (unpaired) electrons. The van der Waals surface area contributed by atoms with Crippen molar-refractivity contribution in [1.82, 2.24) is 10.2 Å². The molecule has 1 aromatic rings. The van der Waals surface area contributed by atoms with Gasteiger partial charge in [0.2, 0.25) is 0 Å². The summed E-state index contributed by atoms with van der Waals surface area (Å²) in [6.45, 7) is 3.71. The van der Waals surface area contributed by atoms with Gasteiger partial charge in [0.15, 0.2) is 0 Å². The zero-order chi connectivity index (χ0) is 21.3. The van der Waals surface area contributed by atoms with E-state index < -0.39 is 10.1 Å². The lowest BCUT2D eigenvalue weighted by Crippen LogP contribution is -2.44. The van der Waals surface area contributed by atoms with Gasteiger partial charge in [-0.15, -0.1) is 0 Å². The van der Waals surface area contributed by atoms with Crippen molar-refractivity contribution in [2.75, 3.05) is 33.4 Å². The Morgan fingerprint density at radius 1 is 1.17 bits per heavy atom. The van der Waals surface area contributed by atoms with Crippen molar-refractivity contribution in [2.45, 2.75) is 43.9 Å². The Balaban J connectivity index is 1.64. The van der Waals surface area contributed by atoms with E-state index in [-0.39, 0.29) is 29.9 Å². The third-order valence-corrected chi connectivity index (χ3v) is 6.36. The lowest BCUT2D eigenvalue weighted by atomic mass is 9.94. The third kappa shape index (κ3) is 7.66. The standard InChI is InChI=1S/C20H30N2O6S/c1-16-5-7-18(8-6-16)29(25,26)28-15-11-17-9-13-22(14-10-17)20(24)21-12-3-4-19(23)27-2/h5-8,17H,3-4,9-15H2,1-2H3,(H,21,24). The number of esters is 1. The number of nitrogens with one attached hydrogen (secondary N) is 1. The predicted molar refractivity (Wildman–Crippen MR) is 108 cm³/mol. The number of nitrogens with zero attached hydrogens (tertiary/aromatic N) is 1. The number of rotatable bonds is 9. The van der Waals surface area contributed by atoms with Crippen molar-refractivity contribution in [3.8, 4) is 0 Å². The molecular weight excluding hydrogens is 396 g/mol. The van der Waals surface area contributed by atoms with Crippen LogP contribution in [0.4, 0.5) is 4.79 Å². The smallest absolute Gasteiger partial charge is 0.317 e. The van der Waals surface area contributed by atoms with Gasteiger partial charge >= 0.3 is 12.0 Å². The van der Waals surface area contributed by atoms with E-state index in [1.807, 2.05) is 6.92 Å². The van der Waals surface area contributed by atoms with E-state index in [9.17, 15) is 18.0 Å². The first-order valence-corrected chi connectivity index (χ1v) is 11.3. The zero-order valence-corrected chi connectivity index (χ0v) is 17.9. The largest absolute Gasteiger partial charge is 0.469 e. The third-order valence-electron chi connectivity index (χ3n) is 5.04. The molecular formula is C20H30N2O6S. The molecule has 29 heavy (non-hydrogen) atoms. The molecule has 1 heterocycles. The summed E-state index contributed by atoms with van der Waals surface area (Å²) in [5.74, 6) is 0.0401. The van der Waals surface area contributed by atoms with E-state index >= 15 is 0 Å². The fourth-order valence-electron chi connectivity index (χ4n) is 3.16. The summed E-state index contributed by atoms with van der Waals surface area (Å²) >= 11 is 0. The van der Waals surface area contributed by atoms with Gasteiger partial charge in [-0.1, -0.05) is 17.7 Å². The Morgan fingerprint density at radius 3 is 2.45 bits per heavy atom. The zero-order valence-electron chi connectivity index (χ0n) is 17.1. The number of piperidine rings is 1. The molecule has 1 saturated heterocycles. The molecule has 162 valence electrons. The SMILES string of the molecule is COC(=O)CCCNC(=O)N1CCC(CCOS(=O)(=O)c2ccc(C)cc2)CC1. The van der Waals surface area contributed by atoms with Crippen LogP contribution in [0.1, 0.15) is 37.7 Å². The minimum absolute atomic E-state index is 0.133. The molecule has 0 aliphatic carbocycles. The Kier molecular flexibility index (Phi) is 8.91. The number of ether oxygens (including phenoxy) is 1. The number of benzene rings is 1. The summed E-state index contributed by atoms with van der Waals surface area (Å²) in [6, 6.07) is 6.45. The van der Waals surface area contributed by atoms with Gasteiger partial charge in [-0.25, -0.2) is 4.79 Å². The minimum atomic E-state index is -3.73. The van der Waals surface area contributed by atoms with Crippen LogP contribution in [0.3, 0.4) is 0 Å². The van der Waals surface area contributed by atoms with Crippen molar-refractivity contribution in [3.63, 3.8) is 0 Å². The highest BCUT2D eigenvalue weighted by atomic mass is 32.2. The average molecular weight is 427 g/mol. The number of amides is 2. The van der Waals surface area contributed by atoms with E-state index in [0.717, 1.165) is 18.4 Å². The van der Waals surface area contributed by atoms with Crippen molar-refractivity contribution < 1.29 is 26.9 Å².